The lowest BCUT2D eigenvalue weighted by Gasteiger charge is -2.51. The molecule has 174 valence electrons. The third kappa shape index (κ3) is 3.78. The SMILES string of the molecule is CCOC(=O)c1[nH]c2c(c1C(F)(F)F)CC1CN(CC)CCC1(c1cccc(OC)c1)C2. The Hall–Kier alpha value is -2.48. The van der Waals surface area contributed by atoms with Crippen LogP contribution in [0.25, 0.3) is 0 Å². The quantitative estimate of drug-likeness (QED) is 0.677. The van der Waals surface area contributed by atoms with E-state index in [9.17, 15) is 18.0 Å². The number of ether oxygens (including phenoxy) is 2. The van der Waals surface area contributed by atoms with Crippen LogP contribution in [0.3, 0.4) is 0 Å². The number of halogens is 3. The molecule has 4 rings (SSSR count). The van der Waals surface area contributed by atoms with Gasteiger partial charge >= 0.3 is 12.1 Å². The Labute approximate surface area is 185 Å². The first kappa shape index (κ1) is 22.7. The zero-order chi connectivity index (χ0) is 23.1. The molecule has 2 heterocycles. The topological polar surface area (TPSA) is 54.6 Å². The van der Waals surface area contributed by atoms with Gasteiger partial charge in [0.2, 0.25) is 0 Å². The van der Waals surface area contributed by atoms with Crippen molar-refractivity contribution >= 4 is 5.97 Å². The lowest BCUT2D eigenvalue weighted by molar-refractivity contribution is -0.138. The maximum atomic E-state index is 14.1. The van der Waals surface area contributed by atoms with Crippen LogP contribution in [-0.2, 0) is 29.2 Å². The fourth-order valence-corrected chi connectivity index (χ4v) is 5.53. The molecular formula is C24H29F3N2O3. The Morgan fingerprint density at radius 3 is 2.75 bits per heavy atom. The number of hydrogen-bond acceptors (Lipinski definition) is 4. The summed E-state index contributed by atoms with van der Waals surface area (Å²) in [6, 6.07) is 7.85. The molecule has 1 aliphatic carbocycles. The molecule has 0 amide bonds. The smallest absolute Gasteiger partial charge is 0.419 e. The predicted octanol–water partition coefficient (Wildman–Crippen LogP) is 4.60. The van der Waals surface area contributed by atoms with Gasteiger partial charge in [0.15, 0.2) is 0 Å². The number of carbonyl (C=O) groups excluding carboxylic acids is 1. The molecule has 2 unspecified atom stereocenters. The molecule has 2 aliphatic rings. The highest BCUT2D eigenvalue weighted by atomic mass is 19.4. The summed E-state index contributed by atoms with van der Waals surface area (Å²) in [5.41, 5.74) is 0.109. The van der Waals surface area contributed by atoms with E-state index in [2.05, 4.69) is 16.8 Å². The molecule has 8 heteroatoms. The van der Waals surface area contributed by atoms with Gasteiger partial charge in [-0.1, -0.05) is 19.1 Å². The maximum absolute atomic E-state index is 14.1. The number of aromatic nitrogens is 1. The molecule has 1 fully saturated rings. The van der Waals surface area contributed by atoms with Crippen molar-refractivity contribution in [2.45, 2.75) is 44.7 Å². The first-order chi connectivity index (χ1) is 15.2. The number of H-pyrrole nitrogens is 1. The normalized spacial score (nSPS) is 23.4. The number of carbonyl (C=O) groups is 1. The van der Waals surface area contributed by atoms with Gasteiger partial charge in [-0.15, -0.1) is 0 Å². The molecule has 0 saturated carbocycles. The minimum Gasteiger partial charge on any atom is -0.497 e. The van der Waals surface area contributed by atoms with Gasteiger partial charge in [0, 0.05) is 17.7 Å². The number of methoxy groups -OCH3 is 1. The molecule has 1 aromatic carbocycles. The summed E-state index contributed by atoms with van der Waals surface area (Å²) in [6.07, 6.45) is -3.14. The highest BCUT2D eigenvalue weighted by Crippen LogP contribution is 2.51. The highest BCUT2D eigenvalue weighted by molar-refractivity contribution is 5.90. The highest BCUT2D eigenvalue weighted by Gasteiger charge is 2.51. The van der Waals surface area contributed by atoms with Gasteiger partial charge < -0.3 is 19.4 Å². The van der Waals surface area contributed by atoms with E-state index in [-0.39, 0.29) is 29.9 Å². The number of rotatable bonds is 5. The number of hydrogen-bond donors (Lipinski definition) is 1. The molecule has 2 atom stereocenters. The maximum Gasteiger partial charge on any atom is 0.419 e. The second-order valence-electron chi connectivity index (χ2n) is 8.66. The fourth-order valence-electron chi connectivity index (χ4n) is 5.53. The average Bonchev–Trinajstić information content (AvgIpc) is 3.15. The number of alkyl halides is 3. The van der Waals surface area contributed by atoms with Gasteiger partial charge in [0.25, 0.3) is 0 Å². The zero-order valence-electron chi connectivity index (χ0n) is 18.6. The lowest BCUT2D eigenvalue weighted by atomic mass is 9.58. The standard InChI is InChI=1S/C24H29F3N2O3/c1-4-29-10-9-23(15-7-6-8-17(11-15)31-3)13-19-18(12-16(23)14-29)20(24(25,26)27)21(28-19)22(30)32-5-2/h6-8,11,16,28H,4-5,9-10,12-14H2,1-3H3. The fraction of sp³-hybridized carbons (Fsp3) is 0.542. The van der Waals surface area contributed by atoms with E-state index in [1.165, 1.54) is 0 Å². The summed E-state index contributed by atoms with van der Waals surface area (Å²) in [4.78, 5) is 17.5. The van der Waals surface area contributed by atoms with Crippen molar-refractivity contribution in [3.63, 3.8) is 0 Å². The van der Waals surface area contributed by atoms with Crippen molar-refractivity contribution in [1.82, 2.24) is 9.88 Å². The van der Waals surface area contributed by atoms with Crippen LogP contribution in [0.15, 0.2) is 24.3 Å². The van der Waals surface area contributed by atoms with Crippen LogP contribution in [0.5, 0.6) is 5.75 Å². The van der Waals surface area contributed by atoms with Crippen molar-refractivity contribution < 1.29 is 27.4 Å². The van der Waals surface area contributed by atoms with Gasteiger partial charge in [0.05, 0.1) is 19.3 Å². The third-order valence-corrected chi connectivity index (χ3v) is 7.12. The summed E-state index contributed by atoms with van der Waals surface area (Å²) in [5, 5.41) is 0. The number of nitrogens with zero attached hydrogens (tertiary/aromatic N) is 1. The number of piperidine rings is 1. The molecule has 2 aromatic rings. The number of nitrogens with one attached hydrogen (secondary N) is 1. The Morgan fingerprint density at radius 2 is 2.09 bits per heavy atom. The van der Waals surface area contributed by atoms with Crippen molar-refractivity contribution in [3.8, 4) is 5.75 Å². The Balaban J connectivity index is 1.86. The number of fused-ring (bicyclic) bond motifs is 2. The van der Waals surface area contributed by atoms with Crippen molar-refractivity contribution in [2.75, 3.05) is 33.4 Å². The van der Waals surface area contributed by atoms with Crippen molar-refractivity contribution in [2.24, 2.45) is 5.92 Å². The minimum atomic E-state index is -4.64. The monoisotopic (exact) mass is 450 g/mol. The van der Waals surface area contributed by atoms with Gasteiger partial charge in [-0.2, -0.15) is 13.2 Å². The predicted molar refractivity (Wildman–Crippen MR) is 114 cm³/mol. The van der Waals surface area contributed by atoms with Crippen molar-refractivity contribution in [3.05, 3.63) is 52.3 Å². The van der Waals surface area contributed by atoms with E-state index >= 15 is 0 Å². The number of benzene rings is 1. The second kappa shape index (κ2) is 8.46. The van der Waals surface area contributed by atoms with E-state index in [1.807, 2.05) is 24.3 Å². The van der Waals surface area contributed by atoms with E-state index in [0.717, 1.165) is 30.8 Å². The van der Waals surface area contributed by atoms with Crippen LogP contribution in [0.4, 0.5) is 13.2 Å². The second-order valence-corrected chi connectivity index (χ2v) is 8.66. The summed E-state index contributed by atoms with van der Waals surface area (Å²) in [7, 11) is 1.61. The summed E-state index contributed by atoms with van der Waals surface area (Å²) < 4.78 is 52.7. The van der Waals surface area contributed by atoms with Crippen LogP contribution in [0.2, 0.25) is 0 Å². The molecule has 5 nitrogen and oxygen atoms in total. The molecule has 1 aromatic heterocycles. The molecule has 32 heavy (non-hydrogen) atoms. The number of likely N-dealkylation sites (tertiary alicyclic amines) is 1. The molecular weight excluding hydrogens is 421 g/mol. The van der Waals surface area contributed by atoms with Crippen LogP contribution < -0.4 is 4.74 Å². The largest absolute Gasteiger partial charge is 0.497 e. The third-order valence-electron chi connectivity index (χ3n) is 7.12. The number of esters is 1. The van der Waals surface area contributed by atoms with Crippen LogP contribution in [0.1, 0.15) is 53.1 Å². The molecule has 1 saturated heterocycles. The first-order valence-corrected chi connectivity index (χ1v) is 11.1. The summed E-state index contributed by atoms with van der Waals surface area (Å²) >= 11 is 0. The molecule has 0 bridgehead atoms. The summed E-state index contributed by atoms with van der Waals surface area (Å²) in [6.45, 7) is 6.11. The van der Waals surface area contributed by atoms with Gasteiger partial charge in [-0.05, 0) is 68.5 Å². The Kier molecular flexibility index (Phi) is 6.00. The number of aromatic amines is 1. The minimum absolute atomic E-state index is 0.0113. The van der Waals surface area contributed by atoms with E-state index in [0.29, 0.717) is 18.7 Å². The first-order valence-electron chi connectivity index (χ1n) is 11.1. The van der Waals surface area contributed by atoms with E-state index in [4.69, 9.17) is 9.47 Å². The molecule has 0 radical (unpaired) electrons. The van der Waals surface area contributed by atoms with Gasteiger partial charge in [-0.3, -0.25) is 0 Å². The molecule has 1 N–H and O–H groups in total. The lowest BCUT2D eigenvalue weighted by Crippen LogP contribution is -2.53. The van der Waals surface area contributed by atoms with Crippen LogP contribution in [0, 0.1) is 5.92 Å². The van der Waals surface area contributed by atoms with Crippen molar-refractivity contribution in [1.29, 1.82) is 0 Å². The van der Waals surface area contributed by atoms with Gasteiger partial charge in [0.1, 0.15) is 11.4 Å². The van der Waals surface area contributed by atoms with E-state index < -0.39 is 23.4 Å². The Bertz CT molecular complexity index is 1000. The Morgan fingerprint density at radius 1 is 1.31 bits per heavy atom. The van der Waals surface area contributed by atoms with Crippen LogP contribution in [-0.4, -0.2) is 49.2 Å². The molecule has 0 spiro atoms. The zero-order valence-corrected chi connectivity index (χ0v) is 18.6. The van der Waals surface area contributed by atoms with E-state index in [1.54, 1.807) is 14.0 Å². The molecule has 1 aliphatic heterocycles. The average molecular weight is 451 g/mol. The van der Waals surface area contributed by atoms with Gasteiger partial charge in [-0.25, -0.2) is 4.79 Å². The van der Waals surface area contributed by atoms with Crippen LogP contribution >= 0.6 is 0 Å². The summed E-state index contributed by atoms with van der Waals surface area (Å²) in [5.74, 6) is -0.236.